The molecular weight excluding hydrogens is 405 g/mol. The highest BCUT2D eigenvalue weighted by atomic mass is 19.4. The van der Waals surface area contributed by atoms with Gasteiger partial charge in [-0.25, -0.2) is 4.68 Å². The summed E-state index contributed by atoms with van der Waals surface area (Å²) in [6.07, 6.45) is -3.13. The molecule has 0 fully saturated rings. The third kappa shape index (κ3) is 5.73. The van der Waals surface area contributed by atoms with Crippen molar-refractivity contribution < 1.29 is 18.0 Å². The van der Waals surface area contributed by atoms with Crippen molar-refractivity contribution in [1.82, 2.24) is 20.0 Å². The Morgan fingerprint density at radius 1 is 1.10 bits per heavy atom. The molecule has 0 aliphatic heterocycles. The third-order valence-corrected chi connectivity index (χ3v) is 4.92. The second kappa shape index (κ2) is 9.78. The summed E-state index contributed by atoms with van der Waals surface area (Å²) < 4.78 is 42.1. The first-order valence-corrected chi connectivity index (χ1v) is 9.99. The van der Waals surface area contributed by atoms with Crippen LogP contribution in [-0.2, 0) is 12.7 Å². The molecule has 0 unspecified atom stereocenters. The minimum Gasteiger partial charge on any atom is -0.352 e. The first kappa shape index (κ1) is 22.6. The Labute approximate surface area is 179 Å². The minimum atomic E-state index is -4.72. The number of aryl methyl sites for hydroxylation is 1. The normalized spacial score (nSPS) is 11.7. The quantitative estimate of drug-likeness (QED) is 0.537. The van der Waals surface area contributed by atoms with Gasteiger partial charge in [-0.2, -0.15) is 18.3 Å². The Hall–Kier alpha value is -3.13. The molecular formula is C23H25F3N4O. The Kier molecular flexibility index (Phi) is 7.12. The highest BCUT2D eigenvalue weighted by molar-refractivity contribution is 5.95. The summed E-state index contributed by atoms with van der Waals surface area (Å²) >= 11 is 0. The maximum absolute atomic E-state index is 13.8. The zero-order valence-electron chi connectivity index (χ0n) is 17.5. The molecule has 0 saturated heterocycles. The molecule has 0 saturated carbocycles. The van der Waals surface area contributed by atoms with E-state index in [4.69, 9.17) is 0 Å². The number of nitrogens with zero attached hydrogens (tertiary/aromatic N) is 3. The molecule has 3 rings (SSSR count). The standard InChI is InChI=1S/C23H25F3N4O/c1-17-9-6-7-12-20(17)30-21(23(24,25)26)19(15-28-30)22(31)27-13-8-14-29(2)16-18-10-4-3-5-11-18/h3-7,9-12,15H,8,13-14,16H2,1-2H3,(H,27,31). The van der Waals surface area contributed by atoms with Crippen molar-refractivity contribution in [2.75, 3.05) is 20.1 Å². The van der Waals surface area contributed by atoms with Crippen LogP contribution in [0.3, 0.4) is 0 Å². The molecule has 0 atom stereocenters. The van der Waals surface area contributed by atoms with Crippen LogP contribution >= 0.6 is 0 Å². The summed E-state index contributed by atoms with van der Waals surface area (Å²) in [7, 11) is 1.96. The van der Waals surface area contributed by atoms with E-state index in [0.29, 0.717) is 18.5 Å². The summed E-state index contributed by atoms with van der Waals surface area (Å²) in [5, 5.41) is 6.46. The molecule has 0 bridgehead atoms. The van der Waals surface area contributed by atoms with Crippen molar-refractivity contribution in [1.29, 1.82) is 0 Å². The fraction of sp³-hybridized carbons (Fsp3) is 0.304. The van der Waals surface area contributed by atoms with Crippen LogP contribution in [0.1, 0.15) is 33.6 Å². The Morgan fingerprint density at radius 3 is 2.45 bits per heavy atom. The van der Waals surface area contributed by atoms with Gasteiger partial charge in [-0.1, -0.05) is 48.5 Å². The van der Waals surface area contributed by atoms with Crippen molar-refractivity contribution in [2.45, 2.75) is 26.1 Å². The van der Waals surface area contributed by atoms with E-state index < -0.39 is 23.3 Å². The molecule has 0 aliphatic rings. The van der Waals surface area contributed by atoms with Crippen molar-refractivity contribution in [3.63, 3.8) is 0 Å². The van der Waals surface area contributed by atoms with Crippen molar-refractivity contribution in [3.8, 4) is 5.69 Å². The van der Waals surface area contributed by atoms with Gasteiger partial charge in [0.25, 0.3) is 5.91 Å². The van der Waals surface area contributed by atoms with Gasteiger partial charge in [0.1, 0.15) is 0 Å². The fourth-order valence-corrected chi connectivity index (χ4v) is 3.39. The number of halogens is 3. The van der Waals surface area contributed by atoms with Crippen LogP contribution in [0, 0.1) is 6.92 Å². The van der Waals surface area contributed by atoms with Crippen LogP contribution in [-0.4, -0.2) is 40.7 Å². The summed E-state index contributed by atoms with van der Waals surface area (Å²) in [6, 6.07) is 16.6. The van der Waals surface area contributed by atoms with E-state index in [1.165, 1.54) is 5.56 Å². The van der Waals surface area contributed by atoms with Crippen LogP contribution in [0.2, 0.25) is 0 Å². The number of carbonyl (C=O) groups excluding carboxylic acids is 1. The summed E-state index contributed by atoms with van der Waals surface area (Å²) in [4.78, 5) is 14.6. The van der Waals surface area contributed by atoms with E-state index in [1.807, 2.05) is 37.4 Å². The lowest BCUT2D eigenvalue weighted by Gasteiger charge is -2.17. The number of amides is 1. The zero-order valence-corrected chi connectivity index (χ0v) is 17.5. The second-order valence-corrected chi connectivity index (χ2v) is 7.44. The van der Waals surface area contributed by atoms with Crippen LogP contribution in [0.15, 0.2) is 60.8 Å². The predicted molar refractivity (Wildman–Crippen MR) is 113 cm³/mol. The van der Waals surface area contributed by atoms with E-state index in [0.717, 1.165) is 17.4 Å². The van der Waals surface area contributed by atoms with Gasteiger partial charge >= 0.3 is 6.18 Å². The van der Waals surface area contributed by atoms with Crippen LogP contribution < -0.4 is 5.32 Å². The average molecular weight is 430 g/mol. The molecule has 8 heteroatoms. The van der Waals surface area contributed by atoms with Crippen LogP contribution in [0.25, 0.3) is 5.69 Å². The molecule has 1 N–H and O–H groups in total. The number of hydrogen-bond acceptors (Lipinski definition) is 3. The van der Waals surface area contributed by atoms with E-state index in [9.17, 15) is 18.0 Å². The minimum absolute atomic E-state index is 0.269. The molecule has 1 amide bonds. The Balaban J connectivity index is 1.63. The SMILES string of the molecule is Cc1ccccc1-n1ncc(C(=O)NCCCN(C)Cc2ccccc2)c1C(F)(F)F. The number of nitrogens with one attached hydrogen (secondary N) is 1. The number of alkyl halides is 3. The number of para-hydroxylation sites is 1. The van der Waals surface area contributed by atoms with Gasteiger partial charge in [-0.05, 0) is 44.1 Å². The third-order valence-electron chi connectivity index (χ3n) is 4.92. The molecule has 0 radical (unpaired) electrons. The van der Waals surface area contributed by atoms with Gasteiger partial charge in [0.2, 0.25) is 0 Å². The second-order valence-electron chi connectivity index (χ2n) is 7.44. The fourth-order valence-electron chi connectivity index (χ4n) is 3.39. The molecule has 3 aromatic rings. The molecule has 2 aromatic carbocycles. The largest absolute Gasteiger partial charge is 0.434 e. The highest BCUT2D eigenvalue weighted by Gasteiger charge is 2.40. The molecule has 5 nitrogen and oxygen atoms in total. The van der Waals surface area contributed by atoms with Crippen molar-refractivity contribution >= 4 is 5.91 Å². The van der Waals surface area contributed by atoms with Crippen molar-refractivity contribution in [3.05, 3.63) is 83.2 Å². The van der Waals surface area contributed by atoms with Crippen LogP contribution in [0.5, 0.6) is 0 Å². The first-order chi connectivity index (χ1) is 14.8. The molecule has 1 heterocycles. The molecule has 0 aliphatic carbocycles. The van der Waals surface area contributed by atoms with E-state index >= 15 is 0 Å². The maximum atomic E-state index is 13.8. The summed E-state index contributed by atoms with van der Waals surface area (Å²) in [5.41, 5.74) is 0.544. The van der Waals surface area contributed by atoms with Gasteiger partial charge < -0.3 is 10.2 Å². The number of aromatic nitrogens is 2. The monoisotopic (exact) mass is 430 g/mol. The van der Waals surface area contributed by atoms with E-state index in [-0.39, 0.29) is 12.2 Å². The first-order valence-electron chi connectivity index (χ1n) is 9.99. The van der Waals surface area contributed by atoms with Crippen LogP contribution in [0.4, 0.5) is 13.2 Å². The Bertz CT molecular complexity index is 1020. The highest BCUT2D eigenvalue weighted by Crippen LogP contribution is 2.34. The van der Waals surface area contributed by atoms with Gasteiger partial charge in [-0.3, -0.25) is 4.79 Å². The maximum Gasteiger partial charge on any atom is 0.434 e. The number of rotatable bonds is 8. The lowest BCUT2D eigenvalue weighted by Crippen LogP contribution is -2.29. The van der Waals surface area contributed by atoms with Gasteiger partial charge in [0, 0.05) is 13.1 Å². The topological polar surface area (TPSA) is 50.2 Å². The van der Waals surface area contributed by atoms with Gasteiger partial charge in [0.15, 0.2) is 5.69 Å². The smallest absolute Gasteiger partial charge is 0.352 e. The zero-order chi connectivity index (χ0) is 22.4. The lowest BCUT2D eigenvalue weighted by molar-refractivity contribution is -0.143. The van der Waals surface area contributed by atoms with Crippen molar-refractivity contribution in [2.24, 2.45) is 0 Å². The summed E-state index contributed by atoms with van der Waals surface area (Å²) in [6.45, 7) is 3.42. The summed E-state index contributed by atoms with van der Waals surface area (Å²) in [5.74, 6) is -0.780. The molecule has 31 heavy (non-hydrogen) atoms. The van der Waals surface area contributed by atoms with Gasteiger partial charge in [0.05, 0.1) is 17.4 Å². The number of hydrogen-bond donors (Lipinski definition) is 1. The van der Waals surface area contributed by atoms with E-state index in [2.05, 4.69) is 15.3 Å². The molecule has 1 aromatic heterocycles. The Morgan fingerprint density at radius 2 is 1.77 bits per heavy atom. The van der Waals surface area contributed by atoms with Gasteiger partial charge in [-0.15, -0.1) is 0 Å². The average Bonchev–Trinajstić information content (AvgIpc) is 3.18. The number of benzene rings is 2. The molecule has 164 valence electrons. The number of carbonyl (C=O) groups is 1. The molecule has 0 spiro atoms. The lowest BCUT2D eigenvalue weighted by atomic mass is 10.1. The van der Waals surface area contributed by atoms with E-state index in [1.54, 1.807) is 31.2 Å². The predicted octanol–water partition coefficient (Wildman–Crippen LogP) is 4.45.